The van der Waals surface area contributed by atoms with E-state index in [1.165, 1.54) is 11.8 Å². The lowest BCUT2D eigenvalue weighted by atomic mass is 10.1. The molecule has 0 unspecified atom stereocenters. The van der Waals surface area contributed by atoms with E-state index in [1.807, 2.05) is 69.3 Å². The Balaban J connectivity index is 1.52. The summed E-state index contributed by atoms with van der Waals surface area (Å²) < 4.78 is 2.75. The number of carbonyl (C=O) groups excluding carboxylic acids is 1. The van der Waals surface area contributed by atoms with E-state index in [0.717, 1.165) is 32.7 Å². The molecule has 1 amide bonds. The number of aromatic nitrogens is 4. The van der Waals surface area contributed by atoms with Crippen LogP contribution in [0.25, 0.3) is 5.78 Å². The largest absolute Gasteiger partial charge is 0.322 e. The van der Waals surface area contributed by atoms with Crippen LogP contribution in [0.2, 0.25) is 0 Å². The van der Waals surface area contributed by atoms with E-state index in [4.69, 9.17) is 0 Å². The lowest BCUT2D eigenvalue weighted by Crippen LogP contribution is -2.14. The van der Waals surface area contributed by atoms with E-state index in [0.29, 0.717) is 22.3 Å². The van der Waals surface area contributed by atoms with Crippen LogP contribution < -0.4 is 5.32 Å². The molecule has 152 valence electrons. The summed E-state index contributed by atoms with van der Waals surface area (Å²) >= 11 is 4.97. The number of nitrogens with zero attached hydrogens (tertiary/aromatic N) is 4. The minimum Gasteiger partial charge on any atom is -0.322 e. The molecule has 0 spiro atoms. The summed E-state index contributed by atoms with van der Waals surface area (Å²) in [5.41, 5.74) is 5.29. The molecule has 0 saturated carbocycles. The predicted octanol–water partition coefficient (Wildman–Crippen LogP) is 5.36. The van der Waals surface area contributed by atoms with E-state index in [9.17, 15) is 4.79 Å². The van der Waals surface area contributed by atoms with Gasteiger partial charge in [-0.1, -0.05) is 45.9 Å². The van der Waals surface area contributed by atoms with Crippen LogP contribution in [-0.4, -0.2) is 25.5 Å². The van der Waals surface area contributed by atoms with Crippen molar-refractivity contribution in [2.75, 3.05) is 5.32 Å². The molecule has 8 heteroatoms. The van der Waals surface area contributed by atoms with Crippen LogP contribution in [-0.2, 0) is 5.75 Å². The van der Waals surface area contributed by atoms with Crippen molar-refractivity contribution in [3.63, 3.8) is 0 Å². The zero-order valence-electron chi connectivity index (χ0n) is 16.8. The summed E-state index contributed by atoms with van der Waals surface area (Å²) in [6, 6.07) is 15.3. The fourth-order valence-corrected chi connectivity index (χ4v) is 4.21. The van der Waals surface area contributed by atoms with Crippen LogP contribution in [0.15, 0.2) is 58.2 Å². The monoisotopic (exact) mass is 481 g/mol. The van der Waals surface area contributed by atoms with Crippen molar-refractivity contribution in [1.29, 1.82) is 0 Å². The zero-order chi connectivity index (χ0) is 21.3. The predicted molar refractivity (Wildman–Crippen MR) is 123 cm³/mol. The first kappa shape index (κ1) is 20.6. The number of hydrogen-bond donors (Lipinski definition) is 1. The van der Waals surface area contributed by atoms with Crippen LogP contribution in [0.5, 0.6) is 0 Å². The average Bonchev–Trinajstić information content (AvgIpc) is 3.12. The minimum atomic E-state index is -0.135. The van der Waals surface area contributed by atoms with Crippen LogP contribution in [0.3, 0.4) is 0 Å². The fourth-order valence-electron chi connectivity index (χ4n) is 3.14. The van der Waals surface area contributed by atoms with Gasteiger partial charge in [-0.3, -0.25) is 4.79 Å². The highest BCUT2D eigenvalue weighted by atomic mass is 79.9. The topological polar surface area (TPSA) is 72.2 Å². The first-order valence-corrected chi connectivity index (χ1v) is 11.2. The SMILES string of the molecule is Cc1cc(C)n2nc(SCc3ccccc3C(=O)Nc3ccc(Br)c(C)c3)nc2n1. The number of carbonyl (C=O) groups is 1. The zero-order valence-corrected chi connectivity index (χ0v) is 19.2. The number of amides is 1. The number of aryl methyl sites for hydroxylation is 3. The lowest BCUT2D eigenvalue weighted by Gasteiger charge is -2.10. The summed E-state index contributed by atoms with van der Waals surface area (Å²) in [7, 11) is 0. The fraction of sp³-hybridized carbons (Fsp3) is 0.182. The highest BCUT2D eigenvalue weighted by molar-refractivity contribution is 9.10. The Kier molecular flexibility index (Phi) is 5.87. The summed E-state index contributed by atoms with van der Waals surface area (Å²) in [4.78, 5) is 21.8. The van der Waals surface area contributed by atoms with Gasteiger partial charge in [-0.15, -0.1) is 5.10 Å². The van der Waals surface area contributed by atoms with Crippen molar-refractivity contribution in [3.05, 3.63) is 81.1 Å². The molecule has 2 heterocycles. The van der Waals surface area contributed by atoms with Crippen LogP contribution in [0.1, 0.15) is 32.9 Å². The summed E-state index contributed by atoms with van der Waals surface area (Å²) in [5.74, 6) is 1.04. The molecule has 4 aromatic rings. The van der Waals surface area contributed by atoms with Gasteiger partial charge in [0.15, 0.2) is 0 Å². The molecule has 0 saturated heterocycles. The number of benzene rings is 2. The molecular weight excluding hydrogens is 462 g/mol. The second-order valence-electron chi connectivity index (χ2n) is 7.01. The maximum Gasteiger partial charge on any atom is 0.255 e. The average molecular weight is 482 g/mol. The van der Waals surface area contributed by atoms with Gasteiger partial charge in [0.25, 0.3) is 11.7 Å². The molecule has 0 aliphatic rings. The van der Waals surface area contributed by atoms with Gasteiger partial charge in [-0.05, 0) is 62.2 Å². The molecule has 6 nitrogen and oxygen atoms in total. The van der Waals surface area contributed by atoms with E-state index < -0.39 is 0 Å². The van der Waals surface area contributed by atoms with Gasteiger partial charge in [0.2, 0.25) is 5.16 Å². The number of halogens is 1. The second-order valence-corrected chi connectivity index (χ2v) is 8.81. The van der Waals surface area contributed by atoms with Crippen LogP contribution in [0.4, 0.5) is 5.69 Å². The van der Waals surface area contributed by atoms with Gasteiger partial charge in [0.05, 0.1) is 0 Å². The van der Waals surface area contributed by atoms with E-state index >= 15 is 0 Å². The highest BCUT2D eigenvalue weighted by Crippen LogP contribution is 2.24. The Labute approximate surface area is 187 Å². The smallest absolute Gasteiger partial charge is 0.255 e. The van der Waals surface area contributed by atoms with Gasteiger partial charge < -0.3 is 5.32 Å². The molecule has 1 N–H and O–H groups in total. The molecule has 30 heavy (non-hydrogen) atoms. The summed E-state index contributed by atoms with van der Waals surface area (Å²) in [6.45, 7) is 5.91. The van der Waals surface area contributed by atoms with Gasteiger partial charge in [0.1, 0.15) is 0 Å². The number of nitrogens with one attached hydrogen (secondary N) is 1. The Hall–Kier alpha value is -2.71. The van der Waals surface area contributed by atoms with E-state index in [2.05, 4.69) is 36.3 Å². The van der Waals surface area contributed by atoms with Crippen molar-refractivity contribution < 1.29 is 4.79 Å². The first-order chi connectivity index (χ1) is 14.4. The standard InChI is InChI=1S/C22H20BrN5OS/c1-13-10-17(8-9-19(13)23)25-20(29)18-7-5-4-6-16(18)12-30-22-26-21-24-14(2)11-15(3)28(21)27-22/h4-11H,12H2,1-3H3,(H,25,29). The highest BCUT2D eigenvalue weighted by Gasteiger charge is 2.14. The maximum absolute atomic E-state index is 12.9. The van der Waals surface area contributed by atoms with Crippen molar-refractivity contribution in [3.8, 4) is 0 Å². The van der Waals surface area contributed by atoms with E-state index in [1.54, 1.807) is 4.52 Å². The Morgan fingerprint density at radius 1 is 1.10 bits per heavy atom. The quantitative estimate of drug-likeness (QED) is 0.388. The molecule has 2 aromatic heterocycles. The number of fused-ring (bicyclic) bond motifs is 1. The molecule has 0 aliphatic carbocycles. The molecule has 0 aliphatic heterocycles. The summed E-state index contributed by atoms with van der Waals surface area (Å²) in [6.07, 6.45) is 0. The van der Waals surface area contributed by atoms with Gasteiger partial charge >= 0.3 is 0 Å². The Morgan fingerprint density at radius 2 is 1.90 bits per heavy atom. The van der Waals surface area contributed by atoms with E-state index in [-0.39, 0.29) is 5.91 Å². The Bertz CT molecular complexity index is 1250. The molecule has 0 atom stereocenters. The third-order valence-corrected chi connectivity index (χ3v) is 6.41. The normalized spacial score (nSPS) is 11.1. The summed E-state index contributed by atoms with van der Waals surface area (Å²) in [5, 5.41) is 8.15. The maximum atomic E-state index is 12.9. The van der Waals surface area contributed by atoms with Gasteiger partial charge in [0, 0.05) is 32.9 Å². The van der Waals surface area contributed by atoms with Gasteiger partial charge in [-0.2, -0.15) is 4.98 Å². The van der Waals surface area contributed by atoms with Crippen LogP contribution >= 0.6 is 27.7 Å². The lowest BCUT2D eigenvalue weighted by molar-refractivity contribution is 0.102. The third-order valence-electron chi connectivity index (χ3n) is 4.63. The number of rotatable bonds is 5. The number of hydrogen-bond acceptors (Lipinski definition) is 5. The molecule has 0 bridgehead atoms. The van der Waals surface area contributed by atoms with Crippen LogP contribution in [0, 0.1) is 20.8 Å². The number of anilines is 1. The van der Waals surface area contributed by atoms with Crippen molar-refractivity contribution in [1.82, 2.24) is 19.6 Å². The molecule has 2 aromatic carbocycles. The van der Waals surface area contributed by atoms with Gasteiger partial charge in [-0.25, -0.2) is 9.50 Å². The first-order valence-electron chi connectivity index (χ1n) is 9.40. The van der Waals surface area contributed by atoms with Crippen molar-refractivity contribution in [2.24, 2.45) is 0 Å². The van der Waals surface area contributed by atoms with Crippen molar-refractivity contribution in [2.45, 2.75) is 31.7 Å². The molecular formula is C22H20BrN5OS. The second kappa shape index (κ2) is 8.57. The molecule has 0 radical (unpaired) electrons. The minimum absolute atomic E-state index is 0.135. The van der Waals surface area contributed by atoms with Crippen molar-refractivity contribution >= 4 is 45.1 Å². The molecule has 0 fully saturated rings. The number of thioether (sulfide) groups is 1. The third kappa shape index (κ3) is 4.39. The molecule has 4 rings (SSSR count). The Morgan fingerprint density at radius 3 is 2.70 bits per heavy atom.